The number of nitrogens with one attached hydrogen (secondary N) is 1. The Bertz CT molecular complexity index is 756. The molecule has 2 aromatic rings. The third kappa shape index (κ3) is 3.70. The Kier molecular flexibility index (Phi) is 5.11. The first-order chi connectivity index (χ1) is 12.1. The highest BCUT2D eigenvalue weighted by Crippen LogP contribution is 2.30. The molecular weight excluding hydrogens is 318 g/mol. The molecule has 25 heavy (non-hydrogen) atoms. The molecule has 7 nitrogen and oxygen atoms in total. The van der Waals surface area contributed by atoms with Gasteiger partial charge in [0.25, 0.3) is 5.91 Å². The Morgan fingerprint density at radius 1 is 1.32 bits per heavy atom. The minimum atomic E-state index is -0.144. The molecule has 0 spiro atoms. The summed E-state index contributed by atoms with van der Waals surface area (Å²) in [5.74, 6) is -0.247. The molecular formula is C18H23N5O2. The Morgan fingerprint density at radius 3 is 2.88 bits per heavy atom. The number of carbonyl (C=O) groups excluding carboxylic acids is 2. The maximum Gasteiger partial charge on any atom is 0.274 e. The number of amides is 2. The van der Waals surface area contributed by atoms with E-state index in [4.69, 9.17) is 0 Å². The quantitative estimate of drug-likeness (QED) is 0.918. The van der Waals surface area contributed by atoms with Crippen LogP contribution >= 0.6 is 0 Å². The average Bonchev–Trinajstić information content (AvgIpc) is 3.02. The van der Waals surface area contributed by atoms with Crippen LogP contribution in [0.3, 0.4) is 0 Å². The fraction of sp³-hybridized carbons (Fsp3) is 0.444. The minimum absolute atomic E-state index is 0.0214. The largest absolute Gasteiger partial charge is 0.358 e. The topological polar surface area (TPSA) is 80.1 Å². The molecule has 1 atom stereocenters. The number of likely N-dealkylation sites (tertiary alicyclic amines) is 1. The molecule has 0 radical (unpaired) electrons. The van der Waals surface area contributed by atoms with Gasteiger partial charge in [0.1, 0.15) is 6.54 Å². The van der Waals surface area contributed by atoms with Gasteiger partial charge in [0.05, 0.1) is 11.7 Å². The van der Waals surface area contributed by atoms with Gasteiger partial charge in [-0.2, -0.15) is 5.10 Å². The van der Waals surface area contributed by atoms with Crippen LogP contribution in [-0.4, -0.2) is 45.1 Å². The molecule has 1 fully saturated rings. The zero-order valence-corrected chi connectivity index (χ0v) is 14.6. The van der Waals surface area contributed by atoms with Crippen LogP contribution in [0.5, 0.6) is 0 Å². The maximum atomic E-state index is 13.0. The van der Waals surface area contributed by atoms with E-state index in [0.29, 0.717) is 12.2 Å². The molecule has 2 amide bonds. The van der Waals surface area contributed by atoms with Gasteiger partial charge < -0.3 is 10.2 Å². The van der Waals surface area contributed by atoms with Gasteiger partial charge in [-0.15, -0.1) is 0 Å². The fourth-order valence-corrected chi connectivity index (χ4v) is 3.19. The zero-order valence-electron chi connectivity index (χ0n) is 14.6. The summed E-state index contributed by atoms with van der Waals surface area (Å²) in [6, 6.07) is 7.51. The third-order valence-corrected chi connectivity index (χ3v) is 4.57. The summed E-state index contributed by atoms with van der Waals surface area (Å²) in [6.45, 7) is 2.65. The van der Waals surface area contributed by atoms with Crippen LogP contribution in [-0.2, 0) is 11.3 Å². The lowest BCUT2D eigenvalue weighted by atomic mass is 9.98. The van der Waals surface area contributed by atoms with Gasteiger partial charge in [0, 0.05) is 25.5 Å². The Labute approximate surface area is 147 Å². The van der Waals surface area contributed by atoms with E-state index in [1.165, 1.54) is 0 Å². The second-order valence-electron chi connectivity index (χ2n) is 6.27. The molecule has 3 rings (SSSR count). The van der Waals surface area contributed by atoms with Crippen molar-refractivity contribution >= 4 is 11.8 Å². The van der Waals surface area contributed by atoms with E-state index in [1.807, 2.05) is 30.0 Å². The predicted molar refractivity (Wildman–Crippen MR) is 92.9 cm³/mol. The average molecular weight is 341 g/mol. The molecule has 0 bridgehead atoms. The van der Waals surface area contributed by atoms with Crippen molar-refractivity contribution in [2.75, 3.05) is 13.6 Å². The SMILES string of the molecule is CNC(=O)Cn1nc(C(=O)N2CCCC[C@H]2c2ccccn2)cc1C. The highest BCUT2D eigenvalue weighted by atomic mass is 16.2. The number of nitrogens with zero attached hydrogens (tertiary/aromatic N) is 4. The number of likely N-dealkylation sites (N-methyl/N-ethyl adjacent to an activating group) is 1. The van der Waals surface area contributed by atoms with Crippen molar-refractivity contribution in [2.24, 2.45) is 0 Å². The molecule has 2 aromatic heterocycles. The van der Waals surface area contributed by atoms with Crippen molar-refractivity contribution < 1.29 is 9.59 Å². The number of piperidine rings is 1. The van der Waals surface area contributed by atoms with Crippen LogP contribution in [0.1, 0.15) is 47.2 Å². The fourth-order valence-electron chi connectivity index (χ4n) is 3.19. The van der Waals surface area contributed by atoms with Crippen molar-refractivity contribution in [3.8, 4) is 0 Å². The molecule has 7 heteroatoms. The second kappa shape index (κ2) is 7.46. The van der Waals surface area contributed by atoms with Crippen molar-refractivity contribution in [1.29, 1.82) is 0 Å². The standard InChI is InChI=1S/C18H23N5O2/c1-13-11-15(21-23(13)12-17(24)19-2)18(25)22-10-6-4-8-16(22)14-7-3-5-9-20-14/h3,5,7,9,11,16H,4,6,8,10,12H2,1-2H3,(H,19,24)/t16-/m0/s1. The van der Waals surface area contributed by atoms with Crippen LogP contribution in [0.2, 0.25) is 0 Å². The molecule has 0 aromatic carbocycles. The summed E-state index contributed by atoms with van der Waals surface area (Å²) in [6.07, 6.45) is 4.72. The first-order valence-corrected chi connectivity index (χ1v) is 8.57. The van der Waals surface area contributed by atoms with Crippen LogP contribution in [0, 0.1) is 6.92 Å². The summed E-state index contributed by atoms with van der Waals surface area (Å²) in [7, 11) is 1.58. The van der Waals surface area contributed by atoms with Gasteiger partial charge in [-0.05, 0) is 44.4 Å². The molecule has 1 saturated heterocycles. The van der Waals surface area contributed by atoms with Gasteiger partial charge in [-0.1, -0.05) is 6.07 Å². The number of carbonyl (C=O) groups is 2. The lowest BCUT2D eigenvalue weighted by Gasteiger charge is -2.34. The van der Waals surface area contributed by atoms with Crippen LogP contribution in [0.25, 0.3) is 0 Å². The number of hydrogen-bond acceptors (Lipinski definition) is 4. The number of aryl methyl sites for hydroxylation is 1. The normalized spacial score (nSPS) is 17.4. The van der Waals surface area contributed by atoms with Gasteiger partial charge in [-0.25, -0.2) is 0 Å². The Hall–Kier alpha value is -2.70. The van der Waals surface area contributed by atoms with E-state index in [0.717, 1.165) is 30.7 Å². The van der Waals surface area contributed by atoms with E-state index >= 15 is 0 Å². The lowest BCUT2D eigenvalue weighted by Crippen LogP contribution is -2.39. The number of aromatic nitrogens is 3. The maximum absolute atomic E-state index is 13.0. The molecule has 0 unspecified atom stereocenters. The highest BCUT2D eigenvalue weighted by Gasteiger charge is 2.31. The van der Waals surface area contributed by atoms with E-state index < -0.39 is 0 Å². The van der Waals surface area contributed by atoms with Crippen LogP contribution < -0.4 is 5.32 Å². The lowest BCUT2D eigenvalue weighted by molar-refractivity contribution is -0.121. The Morgan fingerprint density at radius 2 is 2.16 bits per heavy atom. The molecule has 3 heterocycles. The van der Waals surface area contributed by atoms with Crippen molar-refractivity contribution in [3.63, 3.8) is 0 Å². The molecule has 0 aliphatic carbocycles. The van der Waals surface area contributed by atoms with Gasteiger partial charge in [0.15, 0.2) is 5.69 Å². The number of rotatable bonds is 4. The van der Waals surface area contributed by atoms with Crippen LogP contribution in [0.4, 0.5) is 0 Å². The summed E-state index contributed by atoms with van der Waals surface area (Å²) in [4.78, 5) is 30.9. The van der Waals surface area contributed by atoms with Crippen molar-refractivity contribution in [2.45, 2.75) is 38.8 Å². The van der Waals surface area contributed by atoms with E-state index in [1.54, 1.807) is 24.0 Å². The first kappa shape index (κ1) is 17.1. The number of pyridine rings is 1. The smallest absolute Gasteiger partial charge is 0.274 e. The molecule has 1 aliphatic heterocycles. The summed E-state index contributed by atoms with van der Waals surface area (Å²) in [5.41, 5.74) is 2.08. The van der Waals surface area contributed by atoms with E-state index in [-0.39, 0.29) is 24.4 Å². The molecule has 0 saturated carbocycles. The summed E-state index contributed by atoms with van der Waals surface area (Å²) in [5, 5.41) is 6.91. The summed E-state index contributed by atoms with van der Waals surface area (Å²) >= 11 is 0. The van der Waals surface area contributed by atoms with Crippen molar-refractivity contribution in [3.05, 3.63) is 47.5 Å². The number of hydrogen-bond donors (Lipinski definition) is 1. The molecule has 132 valence electrons. The van der Waals surface area contributed by atoms with E-state index in [9.17, 15) is 9.59 Å². The van der Waals surface area contributed by atoms with Gasteiger partial charge >= 0.3 is 0 Å². The Balaban J connectivity index is 1.83. The van der Waals surface area contributed by atoms with E-state index in [2.05, 4.69) is 15.4 Å². The van der Waals surface area contributed by atoms with Crippen molar-refractivity contribution in [1.82, 2.24) is 25.0 Å². The first-order valence-electron chi connectivity index (χ1n) is 8.57. The third-order valence-electron chi connectivity index (χ3n) is 4.57. The molecule has 1 N–H and O–H groups in total. The predicted octanol–water partition coefficient (Wildman–Crippen LogP) is 1.70. The van der Waals surface area contributed by atoms with Crippen LogP contribution in [0.15, 0.2) is 30.5 Å². The molecule has 1 aliphatic rings. The summed E-state index contributed by atoms with van der Waals surface area (Å²) < 4.78 is 1.56. The van der Waals surface area contributed by atoms with Gasteiger partial charge in [0.2, 0.25) is 5.91 Å². The second-order valence-corrected chi connectivity index (χ2v) is 6.27. The zero-order chi connectivity index (χ0) is 17.8. The van der Waals surface area contributed by atoms with Gasteiger partial charge in [-0.3, -0.25) is 19.3 Å². The highest BCUT2D eigenvalue weighted by molar-refractivity contribution is 5.92. The minimum Gasteiger partial charge on any atom is -0.358 e. The monoisotopic (exact) mass is 341 g/mol.